The predicted octanol–water partition coefficient (Wildman–Crippen LogP) is 2.31. The van der Waals surface area contributed by atoms with Gasteiger partial charge in [0.15, 0.2) is 0 Å². The van der Waals surface area contributed by atoms with Crippen LogP contribution in [-0.2, 0) is 19.1 Å². The molecule has 7 nitrogen and oxygen atoms in total. The predicted molar refractivity (Wildman–Crippen MR) is 93.9 cm³/mol. The first-order chi connectivity index (χ1) is 11.9. The van der Waals surface area contributed by atoms with Crippen LogP contribution in [0.2, 0.25) is 0 Å². The molecule has 0 aromatic rings. The van der Waals surface area contributed by atoms with Crippen molar-refractivity contribution in [3.8, 4) is 0 Å². The highest BCUT2D eigenvalue weighted by atomic mass is 16.5. The molecule has 0 radical (unpaired) electrons. The van der Waals surface area contributed by atoms with Gasteiger partial charge in [-0.25, -0.2) is 14.4 Å². The summed E-state index contributed by atoms with van der Waals surface area (Å²) in [6.45, 7) is 5.88. The average molecular weight is 354 g/mol. The van der Waals surface area contributed by atoms with Crippen LogP contribution in [0.15, 0.2) is 12.2 Å². The van der Waals surface area contributed by atoms with Gasteiger partial charge in [-0.2, -0.15) is 0 Å². The lowest BCUT2D eigenvalue weighted by atomic mass is 9.89. The lowest BCUT2D eigenvalue weighted by molar-refractivity contribution is -0.143. The Morgan fingerprint density at radius 2 is 1.68 bits per heavy atom. The molecule has 1 saturated carbocycles. The van der Waals surface area contributed by atoms with Crippen LogP contribution in [0, 0.1) is 5.92 Å². The summed E-state index contributed by atoms with van der Waals surface area (Å²) in [4.78, 5) is 34.6. The maximum Gasteiger partial charge on any atom is 0.331 e. The number of hydrogen-bond donors (Lipinski definition) is 2. The van der Waals surface area contributed by atoms with Crippen molar-refractivity contribution in [1.82, 2.24) is 10.6 Å². The summed E-state index contributed by atoms with van der Waals surface area (Å²) in [5.74, 6) is -0.694. The first-order valence-corrected chi connectivity index (χ1v) is 8.96. The van der Waals surface area contributed by atoms with E-state index in [-0.39, 0.29) is 24.8 Å². The van der Waals surface area contributed by atoms with Crippen LogP contribution in [0.5, 0.6) is 0 Å². The van der Waals surface area contributed by atoms with Gasteiger partial charge < -0.3 is 20.1 Å². The van der Waals surface area contributed by atoms with E-state index >= 15 is 0 Å². The molecule has 0 aromatic carbocycles. The summed E-state index contributed by atoms with van der Waals surface area (Å²) < 4.78 is 9.84. The lowest BCUT2D eigenvalue weighted by Gasteiger charge is -2.22. The highest BCUT2D eigenvalue weighted by Gasteiger charge is 2.15. The molecule has 25 heavy (non-hydrogen) atoms. The van der Waals surface area contributed by atoms with E-state index in [1.165, 1.54) is 32.1 Å². The van der Waals surface area contributed by atoms with Gasteiger partial charge in [-0.15, -0.1) is 0 Å². The Bertz CT molecular complexity index is 470. The number of carbonyl (C=O) groups is 3. The lowest BCUT2D eigenvalue weighted by Crippen LogP contribution is -2.44. The van der Waals surface area contributed by atoms with Gasteiger partial charge in [0.05, 0.1) is 12.1 Å². The van der Waals surface area contributed by atoms with Crippen molar-refractivity contribution in [1.29, 1.82) is 0 Å². The van der Waals surface area contributed by atoms with Crippen LogP contribution >= 0.6 is 0 Å². The van der Waals surface area contributed by atoms with Gasteiger partial charge in [-0.05, 0) is 39.5 Å². The summed E-state index contributed by atoms with van der Waals surface area (Å²) in [6.07, 6.45) is 7.88. The van der Waals surface area contributed by atoms with Crippen molar-refractivity contribution < 1.29 is 23.9 Å². The average Bonchev–Trinajstić information content (AvgIpc) is 2.56. The number of esters is 2. The molecular formula is C18H30N2O5. The summed E-state index contributed by atoms with van der Waals surface area (Å²) in [7, 11) is 0. The second-order valence-electron chi connectivity index (χ2n) is 6.71. The number of hydrogen-bond acceptors (Lipinski definition) is 5. The monoisotopic (exact) mass is 354 g/mol. The molecule has 1 atom stereocenters. The zero-order valence-corrected chi connectivity index (χ0v) is 15.4. The van der Waals surface area contributed by atoms with E-state index in [0.717, 1.165) is 12.2 Å². The van der Waals surface area contributed by atoms with Crippen molar-refractivity contribution in [2.45, 2.75) is 65.0 Å². The normalized spacial score (nSPS) is 16.5. The topological polar surface area (TPSA) is 93.7 Å². The number of rotatable bonds is 8. The molecule has 1 fully saturated rings. The third-order valence-corrected chi connectivity index (χ3v) is 3.84. The number of nitrogens with one attached hydrogen (secondary N) is 2. The fourth-order valence-corrected chi connectivity index (χ4v) is 2.61. The first kappa shape index (κ1) is 21.0. The van der Waals surface area contributed by atoms with E-state index in [1.54, 1.807) is 20.8 Å². The minimum absolute atomic E-state index is 0.0270. The maximum absolute atomic E-state index is 11.8. The van der Waals surface area contributed by atoms with E-state index in [4.69, 9.17) is 9.47 Å². The number of ether oxygens (including phenoxy) is 2. The molecule has 0 aromatic heterocycles. The van der Waals surface area contributed by atoms with Crippen LogP contribution in [0.4, 0.5) is 4.79 Å². The molecule has 0 unspecified atom stereocenters. The fraction of sp³-hybridized carbons (Fsp3) is 0.722. The molecule has 0 aliphatic heterocycles. The Labute approximate surface area is 149 Å². The first-order valence-electron chi connectivity index (χ1n) is 8.96. The van der Waals surface area contributed by atoms with Gasteiger partial charge in [-0.1, -0.05) is 19.3 Å². The van der Waals surface area contributed by atoms with E-state index in [9.17, 15) is 14.4 Å². The molecular weight excluding hydrogens is 324 g/mol. The van der Waals surface area contributed by atoms with Gasteiger partial charge in [0, 0.05) is 18.7 Å². The van der Waals surface area contributed by atoms with Gasteiger partial charge in [0.1, 0.15) is 6.61 Å². The van der Waals surface area contributed by atoms with E-state index in [0.29, 0.717) is 12.5 Å². The van der Waals surface area contributed by atoms with Crippen molar-refractivity contribution in [3.05, 3.63) is 12.2 Å². The van der Waals surface area contributed by atoms with E-state index < -0.39 is 11.9 Å². The van der Waals surface area contributed by atoms with Crippen LogP contribution in [0.1, 0.15) is 52.9 Å². The van der Waals surface area contributed by atoms with Crippen LogP contribution in [-0.4, -0.2) is 43.3 Å². The molecule has 142 valence electrons. The number of urea groups is 1. The standard InChI is InChI=1S/C18H30N2O5/c1-13(2)25-17(22)10-9-16(21)24-12-14(3)20-18(23)19-11-15-7-5-4-6-8-15/h9-10,13-15H,4-8,11-12H2,1-3H3,(H2,19,20,23)/b10-9+/t14-/m0/s1. The largest absolute Gasteiger partial charge is 0.460 e. The van der Waals surface area contributed by atoms with Crippen molar-refractivity contribution in [3.63, 3.8) is 0 Å². The molecule has 2 N–H and O–H groups in total. The van der Waals surface area contributed by atoms with Gasteiger partial charge in [0.2, 0.25) is 0 Å². The van der Waals surface area contributed by atoms with E-state index in [2.05, 4.69) is 10.6 Å². The molecule has 0 spiro atoms. The van der Waals surface area contributed by atoms with Crippen molar-refractivity contribution >= 4 is 18.0 Å². The molecule has 0 bridgehead atoms. The second-order valence-corrected chi connectivity index (χ2v) is 6.71. The molecule has 1 aliphatic carbocycles. The Balaban J connectivity index is 2.16. The van der Waals surface area contributed by atoms with Gasteiger partial charge in [-0.3, -0.25) is 0 Å². The van der Waals surface area contributed by atoms with Crippen molar-refractivity contribution in [2.24, 2.45) is 5.92 Å². The molecule has 0 saturated heterocycles. The fourth-order valence-electron chi connectivity index (χ4n) is 2.61. The zero-order chi connectivity index (χ0) is 18.7. The smallest absolute Gasteiger partial charge is 0.331 e. The Hall–Kier alpha value is -2.05. The van der Waals surface area contributed by atoms with Crippen LogP contribution < -0.4 is 10.6 Å². The third-order valence-electron chi connectivity index (χ3n) is 3.84. The van der Waals surface area contributed by atoms with Crippen LogP contribution in [0.25, 0.3) is 0 Å². The van der Waals surface area contributed by atoms with E-state index in [1.807, 2.05) is 0 Å². The zero-order valence-electron chi connectivity index (χ0n) is 15.4. The summed E-state index contributed by atoms with van der Waals surface area (Å²) in [5, 5.41) is 5.59. The molecule has 7 heteroatoms. The quantitative estimate of drug-likeness (QED) is 0.515. The molecule has 1 aliphatic rings. The van der Waals surface area contributed by atoms with Crippen LogP contribution in [0.3, 0.4) is 0 Å². The summed E-state index contributed by atoms with van der Waals surface area (Å²) in [6, 6.07) is -0.587. The second kappa shape index (κ2) is 11.5. The third kappa shape index (κ3) is 10.4. The molecule has 1 rings (SSSR count). The summed E-state index contributed by atoms with van der Waals surface area (Å²) >= 11 is 0. The highest BCUT2D eigenvalue weighted by Crippen LogP contribution is 2.22. The number of amides is 2. The van der Waals surface area contributed by atoms with Gasteiger partial charge in [0.25, 0.3) is 0 Å². The summed E-state index contributed by atoms with van der Waals surface area (Å²) in [5.41, 5.74) is 0. The number of carbonyl (C=O) groups excluding carboxylic acids is 3. The van der Waals surface area contributed by atoms with Crippen molar-refractivity contribution in [2.75, 3.05) is 13.2 Å². The molecule has 2 amide bonds. The molecule has 0 heterocycles. The minimum atomic E-state index is -0.656. The van der Waals surface area contributed by atoms with Gasteiger partial charge >= 0.3 is 18.0 Å². The minimum Gasteiger partial charge on any atom is -0.460 e. The highest BCUT2D eigenvalue weighted by molar-refractivity contribution is 5.91. The maximum atomic E-state index is 11.8. The Morgan fingerprint density at radius 1 is 1.04 bits per heavy atom. The Kier molecular flexibility index (Phi) is 9.65. The Morgan fingerprint density at radius 3 is 2.32 bits per heavy atom. The SMILES string of the molecule is CC(C)OC(=O)/C=C/C(=O)OC[C@H](C)NC(=O)NCC1CCCCC1.